The van der Waals surface area contributed by atoms with E-state index in [-0.39, 0.29) is 5.78 Å². The second kappa shape index (κ2) is 12.5. The number of rotatable bonds is 11. The summed E-state index contributed by atoms with van der Waals surface area (Å²) in [4.78, 5) is 17.6. The molecule has 5 nitrogen and oxygen atoms in total. The summed E-state index contributed by atoms with van der Waals surface area (Å²) >= 11 is 0. The fourth-order valence-corrected chi connectivity index (χ4v) is 4.14. The van der Waals surface area contributed by atoms with Crippen LogP contribution in [0.4, 0.5) is 0 Å². The fraction of sp³-hybridized carbons (Fsp3) is 0.323. The third-order valence-electron chi connectivity index (χ3n) is 5.81. The van der Waals surface area contributed by atoms with Gasteiger partial charge in [-0.2, -0.15) is 0 Å². The van der Waals surface area contributed by atoms with E-state index in [1.54, 1.807) is 13.2 Å². The van der Waals surface area contributed by atoms with Gasteiger partial charge in [0.1, 0.15) is 18.1 Å². The number of likely N-dealkylation sites (N-methyl/N-ethyl adjacent to an activating group) is 1. The number of hydrogen-bond donors (Lipinski definition) is 0. The Morgan fingerprint density at radius 1 is 0.833 bits per heavy atom. The lowest BCUT2D eigenvalue weighted by molar-refractivity contribution is 0.104. The molecule has 0 saturated heterocycles. The number of methoxy groups -OCH3 is 1. The Kier molecular flexibility index (Phi) is 9.45. The van der Waals surface area contributed by atoms with Crippen molar-refractivity contribution in [1.29, 1.82) is 0 Å². The third-order valence-corrected chi connectivity index (χ3v) is 5.81. The van der Waals surface area contributed by atoms with E-state index in [1.165, 1.54) is 11.1 Å². The standard InChI is InChI=1S/C31H38N2O3/c1-22-16-23(2)18-26(17-22)25-10-13-31(36-15-14-32(3)4)28(20-25)29(34)11-8-24-9-12-30(35-7)27(19-24)21-33(5)6/h8-13,16-20H,14-15,21H2,1-7H3/b11-8+. The Labute approximate surface area is 216 Å². The zero-order valence-electron chi connectivity index (χ0n) is 22.6. The van der Waals surface area contributed by atoms with Crippen LogP contribution in [-0.2, 0) is 6.54 Å². The summed E-state index contributed by atoms with van der Waals surface area (Å²) in [6.07, 6.45) is 3.48. The van der Waals surface area contributed by atoms with E-state index in [0.29, 0.717) is 17.9 Å². The van der Waals surface area contributed by atoms with Gasteiger partial charge in [-0.15, -0.1) is 0 Å². The summed E-state index contributed by atoms with van der Waals surface area (Å²) in [7, 11) is 9.72. The van der Waals surface area contributed by atoms with Crippen molar-refractivity contribution >= 4 is 11.9 Å². The van der Waals surface area contributed by atoms with Crippen molar-refractivity contribution in [2.24, 2.45) is 0 Å². The van der Waals surface area contributed by atoms with Crippen LogP contribution in [0.2, 0.25) is 0 Å². The molecule has 0 unspecified atom stereocenters. The van der Waals surface area contributed by atoms with Gasteiger partial charge in [0.05, 0.1) is 12.7 Å². The summed E-state index contributed by atoms with van der Waals surface area (Å²) in [5, 5.41) is 0. The minimum atomic E-state index is -0.0916. The molecule has 0 heterocycles. The van der Waals surface area contributed by atoms with Gasteiger partial charge in [-0.1, -0.05) is 47.5 Å². The highest BCUT2D eigenvalue weighted by atomic mass is 16.5. The lowest BCUT2D eigenvalue weighted by Crippen LogP contribution is -2.20. The van der Waals surface area contributed by atoms with Crippen LogP contribution in [0.1, 0.15) is 32.6 Å². The molecule has 0 atom stereocenters. The van der Waals surface area contributed by atoms with Crippen LogP contribution < -0.4 is 9.47 Å². The lowest BCUT2D eigenvalue weighted by Gasteiger charge is -2.15. The van der Waals surface area contributed by atoms with Crippen molar-refractivity contribution in [3.8, 4) is 22.6 Å². The number of benzene rings is 3. The number of nitrogens with zero attached hydrogens (tertiary/aromatic N) is 2. The second-order valence-electron chi connectivity index (χ2n) is 9.75. The lowest BCUT2D eigenvalue weighted by atomic mass is 9.97. The summed E-state index contributed by atoms with van der Waals surface area (Å²) in [5.41, 5.74) is 7.05. The average Bonchev–Trinajstić information content (AvgIpc) is 2.81. The van der Waals surface area contributed by atoms with Crippen molar-refractivity contribution in [3.05, 3.63) is 88.5 Å². The van der Waals surface area contributed by atoms with Crippen LogP contribution in [-0.4, -0.2) is 64.0 Å². The molecule has 3 aromatic carbocycles. The van der Waals surface area contributed by atoms with Gasteiger partial charge in [0.25, 0.3) is 0 Å². The van der Waals surface area contributed by atoms with Crippen LogP contribution in [0.5, 0.6) is 11.5 Å². The summed E-state index contributed by atoms with van der Waals surface area (Å²) in [6, 6.07) is 18.3. The number of hydrogen-bond acceptors (Lipinski definition) is 5. The molecule has 0 amide bonds. The maximum Gasteiger partial charge on any atom is 0.189 e. The summed E-state index contributed by atoms with van der Waals surface area (Å²) < 4.78 is 11.5. The maximum atomic E-state index is 13.4. The van der Waals surface area contributed by atoms with Crippen molar-refractivity contribution in [3.63, 3.8) is 0 Å². The molecule has 0 aromatic heterocycles. The van der Waals surface area contributed by atoms with Gasteiger partial charge < -0.3 is 19.3 Å². The Morgan fingerprint density at radius 3 is 2.17 bits per heavy atom. The zero-order valence-corrected chi connectivity index (χ0v) is 22.6. The van der Waals surface area contributed by atoms with Crippen LogP contribution in [0.25, 0.3) is 17.2 Å². The quantitative estimate of drug-likeness (QED) is 0.250. The van der Waals surface area contributed by atoms with Crippen LogP contribution >= 0.6 is 0 Å². The first-order valence-electron chi connectivity index (χ1n) is 12.2. The van der Waals surface area contributed by atoms with Crippen molar-refractivity contribution in [1.82, 2.24) is 9.80 Å². The van der Waals surface area contributed by atoms with E-state index in [0.717, 1.165) is 41.1 Å². The molecule has 0 fully saturated rings. The molecule has 3 aromatic rings. The topological polar surface area (TPSA) is 42.0 Å². The Bertz CT molecular complexity index is 1210. The maximum absolute atomic E-state index is 13.4. The fourth-order valence-electron chi connectivity index (χ4n) is 4.14. The van der Waals surface area contributed by atoms with Crippen LogP contribution in [0.3, 0.4) is 0 Å². The molecule has 0 N–H and O–H groups in total. The summed E-state index contributed by atoms with van der Waals surface area (Å²) in [6.45, 7) is 6.20. The molecule has 5 heteroatoms. The molecule has 0 radical (unpaired) electrons. The number of ketones is 1. The number of ether oxygens (including phenoxy) is 2. The Hall–Kier alpha value is -3.41. The van der Waals surface area contributed by atoms with Crippen molar-refractivity contribution in [2.75, 3.05) is 48.5 Å². The van der Waals surface area contributed by atoms with Crippen molar-refractivity contribution < 1.29 is 14.3 Å². The largest absolute Gasteiger partial charge is 0.496 e. The predicted octanol–water partition coefficient (Wildman–Crippen LogP) is 5.88. The normalized spacial score (nSPS) is 11.5. The van der Waals surface area contributed by atoms with E-state index in [4.69, 9.17) is 9.47 Å². The summed E-state index contributed by atoms with van der Waals surface area (Å²) in [5.74, 6) is 1.35. The minimum absolute atomic E-state index is 0.0916. The van der Waals surface area contributed by atoms with E-state index in [2.05, 4.69) is 47.9 Å². The van der Waals surface area contributed by atoms with Gasteiger partial charge in [-0.05, 0) is 89.1 Å². The van der Waals surface area contributed by atoms with Gasteiger partial charge in [0.2, 0.25) is 0 Å². The number of aryl methyl sites for hydroxylation is 2. The van der Waals surface area contributed by atoms with Gasteiger partial charge in [0, 0.05) is 18.7 Å². The molecular weight excluding hydrogens is 448 g/mol. The average molecular weight is 487 g/mol. The number of carbonyl (C=O) groups is 1. The first-order valence-corrected chi connectivity index (χ1v) is 12.2. The molecule has 190 valence electrons. The molecule has 0 bridgehead atoms. The third kappa shape index (κ3) is 7.54. The second-order valence-corrected chi connectivity index (χ2v) is 9.75. The Balaban J connectivity index is 1.94. The smallest absolute Gasteiger partial charge is 0.189 e. The Morgan fingerprint density at radius 2 is 1.53 bits per heavy atom. The molecule has 36 heavy (non-hydrogen) atoms. The first-order chi connectivity index (χ1) is 17.2. The highest BCUT2D eigenvalue weighted by Crippen LogP contribution is 2.29. The molecule has 0 spiro atoms. The van der Waals surface area contributed by atoms with E-state index >= 15 is 0 Å². The molecule has 0 aliphatic rings. The van der Waals surface area contributed by atoms with E-state index < -0.39 is 0 Å². The van der Waals surface area contributed by atoms with Gasteiger partial charge in [-0.25, -0.2) is 0 Å². The molecule has 0 aliphatic heterocycles. The van der Waals surface area contributed by atoms with Gasteiger partial charge in [0.15, 0.2) is 5.78 Å². The first kappa shape index (κ1) is 27.2. The SMILES string of the molecule is COc1ccc(/C=C/C(=O)c2cc(-c3cc(C)cc(C)c3)ccc2OCCN(C)C)cc1CN(C)C. The van der Waals surface area contributed by atoms with Crippen LogP contribution in [0.15, 0.2) is 60.7 Å². The molecule has 3 rings (SSSR count). The highest BCUT2D eigenvalue weighted by molar-refractivity contribution is 6.09. The minimum Gasteiger partial charge on any atom is -0.496 e. The zero-order chi connectivity index (χ0) is 26.2. The van der Waals surface area contributed by atoms with Crippen LogP contribution in [0, 0.1) is 13.8 Å². The van der Waals surface area contributed by atoms with Gasteiger partial charge in [-0.3, -0.25) is 4.79 Å². The molecular formula is C31H38N2O3. The highest BCUT2D eigenvalue weighted by Gasteiger charge is 2.14. The molecule has 0 saturated carbocycles. The number of carbonyl (C=O) groups excluding carboxylic acids is 1. The van der Waals surface area contributed by atoms with Gasteiger partial charge >= 0.3 is 0 Å². The predicted molar refractivity (Wildman–Crippen MR) is 149 cm³/mol. The van der Waals surface area contributed by atoms with Crippen molar-refractivity contribution in [2.45, 2.75) is 20.4 Å². The monoisotopic (exact) mass is 486 g/mol. The van der Waals surface area contributed by atoms with E-state index in [1.807, 2.05) is 64.6 Å². The van der Waals surface area contributed by atoms with E-state index in [9.17, 15) is 4.79 Å². The number of allylic oxidation sites excluding steroid dienone is 1. The molecule has 0 aliphatic carbocycles.